The van der Waals surface area contributed by atoms with Crippen LogP contribution in [-0.2, 0) is 15.3 Å². The summed E-state index contributed by atoms with van der Waals surface area (Å²) in [4.78, 5) is 0. The van der Waals surface area contributed by atoms with Gasteiger partial charge in [0.25, 0.3) is 0 Å². The molecule has 26 heavy (non-hydrogen) atoms. The molecule has 2 aliphatic heterocycles. The van der Waals surface area contributed by atoms with E-state index in [0.717, 1.165) is 39.8 Å². The molecule has 6 unspecified atom stereocenters. The summed E-state index contributed by atoms with van der Waals surface area (Å²) in [5.74, 6) is 0.801. The number of rotatable bonds is 7. The molecule has 2 saturated carbocycles. The van der Waals surface area contributed by atoms with Crippen molar-refractivity contribution in [3.05, 3.63) is 35.9 Å². The molecule has 1 aromatic carbocycles. The zero-order chi connectivity index (χ0) is 17.6. The topological polar surface area (TPSA) is 18.5 Å². The molecule has 0 amide bonds. The summed E-state index contributed by atoms with van der Waals surface area (Å²) in [5.41, 5.74) is 1.16. The van der Waals surface area contributed by atoms with Gasteiger partial charge in [-0.15, -0.1) is 0 Å². The first-order valence-electron chi connectivity index (χ1n) is 10.3. The molecule has 2 saturated heterocycles. The van der Waals surface area contributed by atoms with Crippen LogP contribution < -0.4 is 0 Å². The van der Waals surface area contributed by atoms with E-state index in [4.69, 9.17) is 9.47 Å². The van der Waals surface area contributed by atoms with Crippen LogP contribution in [0.5, 0.6) is 0 Å². The molecule has 2 nitrogen and oxygen atoms in total. The minimum atomic E-state index is -0.609. The molecule has 142 valence electrons. The van der Waals surface area contributed by atoms with E-state index < -0.39 is 5.79 Å². The lowest BCUT2D eigenvalue weighted by molar-refractivity contribution is -0.247. The maximum absolute atomic E-state index is 6.51. The molecule has 0 spiro atoms. The van der Waals surface area contributed by atoms with E-state index in [1.165, 1.54) is 38.5 Å². The van der Waals surface area contributed by atoms with Crippen molar-refractivity contribution in [1.29, 1.82) is 0 Å². The molecule has 0 N–H and O–H groups in total. The fraction of sp³-hybridized carbons (Fsp3) is 0.727. The van der Waals surface area contributed by atoms with Crippen LogP contribution in [0.25, 0.3) is 0 Å². The molecular weight excluding hydrogens is 360 g/mol. The lowest BCUT2D eigenvalue weighted by Gasteiger charge is -2.34. The first-order valence-corrected chi connectivity index (χ1v) is 12.2. The summed E-state index contributed by atoms with van der Waals surface area (Å²) in [5, 5.41) is 3.79. The summed E-state index contributed by atoms with van der Waals surface area (Å²) >= 11 is 4.35. The zero-order valence-electron chi connectivity index (χ0n) is 15.6. The van der Waals surface area contributed by atoms with E-state index in [1.807, 2.05) is 0 Å². The van der Waals surface area contributed by atoms with Gasteiger partial charge in [-0.3, -0.25) is 0 Å². The third-order valence-corrected chi connectivity index (χ3v) is 9.65. The van der Waals surface area contributed by atoms with E-state index in [1.54, 1.807) is 0 Å². The third kappa shape index (κ3) is 3.99. The minimum absolute atomic E-state index is 0.609. The van der Waals surface area contributed by atoms with Crippen molar-refractivity contribution < 1.29 is 9.47 Å². The van der Waals surface area contributed by atoms with Crippen molar-refractivity contribution in [3.8, 4) is 0 Å². The van der Waals surface area contributed by atoms with Gasteiger partial charge in [-0.05, 0) is 57.3 Å². The molecular formula is C22H30O2S2. The largest absolute Gasteiger partial charge is 0.346 e. The molecule has 0 bridgehead atoms. The van der Waals surface area contributed by atoms with Gasteiger partial charge in [0.2, 0.25) is 0 Å². The van der Waals surface area contributed by atoms with Gasteiger partial charge in [0, 0.05) is 26.6 Å². The maximum Gasteiger partial charge on any atom is 0.191 e. The van der Waals surface area contributed by atoms with Crippen LogP contribution in [0.1, 0.15) is 51.0 Å². The Kier molecular flexibility index (Phi) is 5.06. The first-order chi connectivity index (χ1) is 12.7. The fourth-order valence-electron chi connectivity index (χ4n) is 4.78. The van der Waals surface area contributed by atoms with Crippen molar-refractivity contribution in [2.45, 2.75) is 72.2 Å². The van der Waals surface area contributed by atoms with Crippen LogP contribution >= 0.6 is 23.5 Å². The molecule has 2 heterocycles. The second-order valence-electron chi connectivity index (χ2n) is 8.72. The quantitative estimate of drug-likeness (QED) is 0.454. The first kappa shape index (κ1) is 17.9. The maximum atomic E-state index is 6.51. The SMILES string of the molecule is CC(OCC1CCC2SC2C1)(OCC1CCC2SC2C1)c1ccccc1. The summed E-state index contributed by atoms with van der Waals surface area (Å²) in [6.45, 7) is 3.80. The van der Waals surface area contributed by atoms with E-state index in [9.17, 15) is 0 Å². The molecule has 1 aromatic rings. The predicted molar refractivity (Wildman–Crippen MR) is 111 cm³/mol. The van der Waals surface area contributed by atoms with Crippen LogP contribution in [0.3, 0.4) is 0 Å². The predicted octanol–water partition coefficient (Wildman–Crippen LogP) is 5.46. The number of thioether (sulfide) groups is 2. The molecule has 0 radical (unpaired) electrons. The summed E-state index contributed by atoms with van der Waals surface area (Å²) in [6, 6.07) is 10.6. The molecule has 5 rings (SSSR count). The van der Waals surface area contributed by atoms with Gasteiger partial charge >= 0.3 is 0 Å². The highest BCUT2D eigenvalue weighted by Gasteiger charge is 2.45. The van der Waals surface area contributed by atoms with Crippen LogP contribution in [0, 0.1) is 11.8 Å². The molecule has 0 aromatic heterocycles. The zero-order valence-corrected chi connectivity index (χ0v) is 17.3. The Morgan fingerprint density at radius 2 is 1.35 bits per heavy atom. The molecule has 2 aliphatic carbocycles. The van der Waals surface area contributed by atoms with E-state index in [2.05, 4.69) is 60.8 Å². The standard InChI is InChI=1S/C22H30O2S2/c1-22(17-5-3-2-4-6-17,23-13-15-7-9-18-20(11-15)25-18)24-14-16-8-10-19-21(12-16)26-19/h2-6,15-16,18-21H,7-14H2,1H3. The molecule has 6 atom stereocenters. The number of hydrogen-bond acceptors (Lipinski definition) is 4. The van der Waals surface area contributed by atoms with Crippen molar-refractivity contribution in [2.75, 3.05) is 13.2 Å². The smallest absolute Gasteiger partial charge is 0.191 e. The van der Waals surface area contributed by atoms with Crippen LogP contribution in [0.4, 0.5) is 0 Å². The highest BCUT2D eigenvalue weighted by molar-refractivity contribution is 8.07. The van der Waals surface area contributed by atoms with Crippen molar-refractivity contribution in [2.24, 2.45) is 11.8 Å². The summed E-state index contributed by atoms with van der Waals surface area (Å²) in [6.07, 6.45) is 8.08. The number of hydrogen-bond donors (Lipinski definition) is 0. The number of ether oxygens (including phenoxy) is 2. The number of fused-ring (bicyclic) bond motifs is 2. The second kappa shape index (κ2) is 7.35. The average molecular weight is 391 g/mol. The molecule has 4 aliphatic rings. The van der Waals surface area contributed by atoms with Gasteiger partial charge in [0.15, 0.2) is 5.79 Å². The highest BCUT2D eigenvalue weighted by Crippen LogP contribution is 2.53. The summed E-state index contributed by atoms with van der Waals surface area (Å²) in [7, 11) is 0. The van der Waals surface area contributed by atoms with E-state index >= 15 is 0 Å². The van der Waals surface area contributed by atoms with Gasteiger partial charge in [0.05, 0.1) is 13.2 Å². The lowest BCUT2D eigenvalue weighted by Crippen LogP contribution is -2.35. The Morgan fingerprint density at radius 3 is 1.85 bits per heavy atom. The average Bonchev–Trinajstić information content (AvgIpc) is 3.59. The Morgan fingerprint density at radius 1 is 0.808 bits per heavy atom. The fourth-order valence-corrected chi connectivity index (χ4v) is 7.30. The highest BCUT2D eigenvalue weighted by atomic mass is 32.2. The summed E-state index contributed by atoms with van der Waals surface area (Å²) < 4.78 is 13.0. The van der Waals surface area contributed by atoms with Gasteiger partial charge in [-0.2, -0.15) is 23.5 Å². The van der Waals surface area contributed by atoms with Crippen LogP contribution in [0.15, 0.2) is 30.3 Å². The van der Waals surface area contributed by atoms with Crippen molar-refractivity contribution in [3.63, 3.8) is 0 Å². The van der Waals surface area contributed by atoms with Crippen molar-refractivity contribution >= 4 is 23.5 Å². The van der Waals surface area contributed by atoms with Gasteiger partial charge in [0.1, 0.15) is 0 Å². The van der Waals surface area contributed by atoms with Gasteiger partial charge in [-0.1, -0.05) is 30.3 Å². The molecule has 4 fully saturated rings. The Bertz CT molecular complexity index is 590. The van der Waals surface area contributed by atoms with Crippen LogP contribution in [0.2, 0.25) is 0 Å². The monoisotopic (exact) mass is 390 g/mol. The normalized spacial score (nSPS) is 40.2. The van der Waals surface area contributed by atoms with E-state index in [0.29, 0.717) is 11.8 Å². The Labute approximate surface area is 166 Å². The van der Waals surface area contributed by atoms with Gasteiger partial charge < -0.3 is 9.47 Å². The third-order valence-electron chi connectivity index (χ3n) is 6.71. The minimum Gasteiger partial charge on any atom is -0.346 e. The second-order valence-corrected chi connectivity index (χ2v) is 11.7. The lowest BCUT2D eigenvalue weighted by atomic mass is 9.89. The van der Waals surface area contributed by atoms with Crippen molar-refractivity contribution in [1.82, 2.24) is 0 Å². The van der Waals surface area contributed by atoms with E-state index in [-0.39, 0.29) is 0 Å². The Balaban J connectivity index is 1.21. The molecule has 4 heteroatoms. The van der Waals surface area contributed by atoms with Crippen LogP contribution in [-0.4, -0.2) is 34.2 Å². The Hall–Kier alpha value is -0.160. The number of benzene rings is 1. The van der Waals surface area contributed by atoms with Gasteiger partial charge in [-0.25, -0.2) is 0 Å².